The van der Waals surface area contributed by atoms with Crippen molar-refractivity contribution in [3.63, 3.8) is 0 Å². The van der Waals surface area contributed by atoms with Crippen molar-refractivity contribution >= 4 is 21.6 Å². The SMILES string of the molecule is O=S(=O)(c1ccc(F)c(F)c1)N1CCN(Cc2ccc(Cl)cc2)CC1.[Cl-]. The number of hydrogen-bond acceptors (Lipinski definition) is 3. The second kappa shape index (κ2) is 8.63. The average Bonchev–Trinajstić information content (AvgIpc) is 2.60. The minimum atomic E-state index is -3.82. The predicted molar refractivity (Wildman–Crippen MR) is 91.8 cm³/mol. The van der Waals surface area contributed by atoms with E-state index in [4.69, 9.17) is 11.6 Å². The van der Waals surface area contributed by atoms with Gasteiger partial charge in [-0.3, -0.25) is 4.90 Å². The Bertz CT molecular complexity index is 856. The van der Waals surface area contributed by atoms with Gasteiger partial charge >= 0.3 is 0 Å². The van der Waals surface area contributed by atoms with Gasteiger partial charge in [0.05, 0.1) is 4.90 Å². The van der Waals surface area contributed by atoms with Gasteiger partial charge in [0.1, 0.15) is 0 Å². The molecule has 0 aromatic heterocycles. The maximum absolute atomic E-state index is 13.3. The Morgan fingerprint density at radius 2 is 1.54 bits per heavy atom. The molecule has 0 bridgehead atoms. The highest BCUT2D eigenvalue weighted by Gasteiger charge is 2.29. The van der Waals surface area contributed by atoms with E-state index in [1.54, 1.807) is 0 Å². The van der Waals surface area contributed by atoms with Crippen LogP contribution in [0.25, 0.3) is 0 Å². The molecule has 0 aliphatic carbocycles. The Morgan fingerprint density at radius 3 is 2.12 bits per heavy atom. The molecule has 0 spiro atoms. The fourth-order valence-electron chi connectivity index (χ4n) is 2.76. The molecule has 0 amide bonds. The summed E-state index contributed by atoms with van der Waals surface area (Å²) >= 11 is 5.87. The maximum Gasteiger partial charge on any atom is 0.243 e. The lowest BCUT2D eigenvalue weighted by Gasteiger charge is -2.34. The molecule has 142 valence electrons. The molecule has 3 rings (SSSR count). The van der Waals surface area contributed by atoms with E-state index in [-0.39, 0.29) is 17.3 Å². The highest BCUT2D eigenvalue weighted by Crippen LogP contribution is 2.20. The molecule has 4 nitrogen and oxygen atoms in total. The Labute approximate surface area is 162 Å². The van der Waals surface area contributed by atoms with Crippen LogP contribution in [0.3, 0.4) is 0 Å². The third-order valence-corrected chi connectivity index (χ3v) is 6.33. The summed E-state index contributed by atoms with van der Waals surface area (Å²) in [6.07, 6.45) is 0. The second-order valence-corrected chi connectivity index (χ2v) is 8.26. The van der Waals surface area contributed by atoms with Gasteiger partial charge in [-0.25, -0.2) is 17.2 Å². The molecule has 0 N–H and O–H groups in total. The van der Waals surface area contributed by atoms with Crippen molar-refractivity contribution in [1.29, 1.82) is 0 Å². The van der Waals surface area contributed by atoms with Crippen LogP contribution in [0.1, 0.15) is 5.56 Å². The molecule has 1 aliphatic rings. The van der Waals surface area contributed by atoms with Gasteiger partial charge < -0.3 is 12.4 Å². The smallest absolute Gasteiger partial charge is 0.243 e. The summed E-state index contributed by atoms with van der Waals surface area (Å²) in [7, 11) is -3.82. The van der Waals surface area contributed by atoms with E-state index in [0.717, 1.165) is 23.8 Å². The average molecular weight is 422 g/mol. The minimum absolute atomic E-state index is 0. The molecule has 0 unspecified atom stereocenters. The molecule has 1 aliphatic heterocycles. The van der Waals surface area contributed by atoms with Crippen LogP contribution in [-0.2, 0) is 16.6 Å². The summed E-state index contributed by atoms with van der Waals surface area (Å²) in [5, 5.41) is 0.672. The first-order chi connectivity index (χ1) is 11.9. The van der Waals surface area contributed by atoms with Gasteiger partial charge in [0.25, 0.3) is 0 Å². The van der Waals surface area contributed by atoms with E-state index in [1.807, 2.05) is 24.3 Å². The van der Waals surface area contributed by atoms with Crippen molar-refractivity contribution in [3.8, 4) is 0 Å². The van der Waals surface area contributed by atoms with Gasteiger partial charge in [-0.2, -0.15) is 4.31 Å². The van der Waals surface area contributed by atoms with E-state index >= 15 is 0 Å². The van der Waals surface area contributed by atoms with Crippen molar-refractivity contribution in [2.45, 2.75) is 11.4 Å². The van der Waals surface area contributed by atoms with Crippen molar-refractivity contribution < 1.29 is 29.6 Å². The zero-order chi connectivity index (χ0) is 18.0. The first-order valence-corrected chi connectivity index (χ1v) is 9.60. The lowest BCUT2D eigenvalue weighted by atomic mass is 10.2. The maximum atomic E-state index is 13.3. The molecule has 2 aromatic rings. The number of sulfonamides is 1. The van der Waals surface area contributed by atoms with Crippen molar-refractivity contribution in [3.05, 3.63) is 64.7 Å². The number of piperazine rings is 1. The first-order valence-electron chi connectivity index (χ1n) is 7.78. The van der Waals surface area contributed by atoms with Crippen LogP contribution in [-0.4, -0.2) is 43.8 Å². The third-order valence-electron chi connectivity index (χ3n) is 4.18. The number of halogens is 4. The van der Waals surface area contributed by atoms with Gasteiger partial charge in [-0.15, -0.1) is 0 Å². The number of nitrogens with zero attached hydrogens (tertiary/aromatic N) is 2. The first kappa shape index (κ1) is 21.1. The van der Waals surface area contributed by atoms with Crippen LogP contribution >= 0.6 is 11.6 Å². The monoisotopic (exact) mass is 421 g/mol. The van der Waals surface area contributed by atoms with E-state index in [2.05, 4.69) is 4.90 Å². The highest BCUT2D eigenvalue weighted by molar-refractivity contribution is 7.89. The Kier molecular flexibility index (Phi) is 6.99. The summed E-state index contributed by atoms with van der Waals surface area (Å²) < 4.78 is 52.8. The second-order valence-electron chi connectivity index (χ2n) is 5.88. The lowest BCUT2D eigenvalue weighted by Crippen LogP contribution is -3.00. The molecule has 0 atom stereocenters. The van der Waals surface area contributed by atoms with Crippen LogP contribution in [0.15, 0.2) is 47.4 Å². The number of hydrogen-bond donors (Lipinski definition) is 0. The van der Waals surface area contributed by atoms with Gasteiger partial charge in [0.2, 0.25) is 10.0 Å². The van der Waals surface area contributed by atoms with Gasteiger partial charge in [0, 0.05) is 37.7 Å². The quantitative estimate of drug-likeness (QED) is 0.704. The standard InChI is InChI=1S/C17H17ClF2N2O2S.ClH/c18-14-3-1-13(2-4-14)12-21-7-9-22(10-8-21)25(23,24)15-5-6-16(19)17(20)11-15;/h1-6,11H,7-10,12H2;1H/p-1. The van der Waals surface area contributed by atoms with E-state index in [9.17, 15) is 17.2 Å². The highest BCUT2D eigenvalue weighted by atomic mass is 35.5. The fourth-order valence-corrected chi connectivity index (χ4v) is 4.32. The third kappa shape index (κ3) is 4.72. The normalized spacial score (nSPS) is 16.3. The van der Waals surface area contributed by atoms with Gasteiger partial charge in [-0.05, 0) is 35.9 Å². The zero-order valence-electron chi connectivity index (χ0n) is 13.7. The minimum Gasteiger partial charge on any atom is -1.00 e. The summed E-state index contributed by atoms with van der Waals surface area (Å²) in [5.74, 6) is -2.23. The Hall–Kier alpha value is -1.25. The molecule has 26 heavy (non-hydrogen) atoms. The summed E-state index contributed by atoms with van der Waals surface area (Å²) in [6, 6.07) is 10.2. The predicted octanol–water partition coefficient (Wildman–Crippen LogP) is 0.129. The molecular formula is C17H17Cl2F2N2O2S-. The topological polar surface area (TPSA) is 40.6 Å². The molecular weight excluding hydrogens is 405 g/mol. The lowest BCUT2D eigenvalue weighted by molar-refractivity contribution is -0.00000868. The van der Waals surface area contributed by atoms with E-state index < -0.39 is 21.7 Å². The summed E-state index contributed by atoms with van der Waals surface area (Å²) in [5.41, 5.74) is 1.10. The van der Waals surface area contributed by atoms with Crippen LogP contribution in [0.5, 0.6) is 0 Å². The molecule has 0 saturated carbocycles. The Balaban J connectivity index is 0.00000243. The molecule has 2 aromatic carbocycles. The van der Waals surface area contributed by atoms with Crippen LogP contribution in [0.4, 0.5) is 8.78 Å². The zero-order valence-corrected chi connectivity index (χ0v) is 16.0. The summed E-state index contributed by atoms with van der Waals surface area (Å²) in [6.45, 7) is 2.43. The van der Waals surface area contributed by atoms with Gasteiger partial charge in [0.15, 0.2) is 11.6 Å². The Morgan fingerprint density at radius 1 is 0.923 bits per heavy atom. The largest absolute Gasteiger partial charge is 1.00 e. The molecule has 1 heterocycles. The van der Waals surface area contributed by atoms with Crippen LogP contribution < -0.4 is 12.4 Å². The van der Waals surface area contributed by atoms with Gasteiger partial charge in [-0.1, -0.05) is 23.7 Å². The summed E-state index contributed by atoms with van der Waals surface area (Å²) in [4.78, 5) is 1.91. The number of benzene rings is 2. The van der Waals surface area contributed by atoms with Crippen LogP contribution in [0.2, 0.25) is 5.02 Å². The van der Waals surface area contributed by atoms with Crippen molar-refractivity contribution in [2.24, 2.45) is 0 Å². The number of rotatable bonds is 4. The fraction of sp³-hybridized carbons (Fsp3) is 0.294. The molecule has 9 heteroatoms. The molecule has 0 radical (unpaired) electrons. The van der Waals surface area contributed by atoms with Crippen molar-refractivity contribution in [2.75, 3.05) is 26.2 Å². The van der Waals surface area contributed by atoms with E-state index in [0.29, 0.717) is 37.7 Å². The van der Waals surface area contributed by atoms with Crippen LogP contribution in [0, 0.1) is 11.6 Å². The van der Waals surface area contributed by atoms with Crippen molar-refractivity contribution in [1.82, 2.24) is 9.21 Å². The molecule has 1 saturated heterocycles. The molecule has 1 fully saturated rings. The van der Waals surface area contributed by atoms with E-state index in [1.165, 1.54) is 4.31 Å².